The number of carbonyl (C=O) groups is 2. The van der Waals surface area contributed by atoms with Crippen LogP contribution in [0.1, 0.15) is 37.2 Å². The Hall–Kier alpha value is -2.51. The fourth-order valence-corrected chi connectivity index (χ4v) is 2.63. The van der Waals surface area contributed by atoms with E-state index in [1.54, 1.807) is 4.52 Å². The summed E-state index contributed by atoms with van der Waals surface area (Å²) < 4.78 is 6.39. The molecule has 130 valence electrons. The number of amides is 1. The van der Waals surface area contributed by atoms with E-state index >= 15 is 0 Å². The molecule has 0 aliphatic heterocycles. The van der Waals surface area contributed by atoms with E-state index in [1.165, 1.54) is 13.4 Å². The molecule has 2 aromatic rings. The van der Waals surface area contributed by atoms with Crippen molar-refractivity contribution in [3.05, 3.63) is 23.3 Å². The molecule has 0 fully saturated rings. The van der Waals surface area contributed by atoms with E-state index in [0.717, 1.165) is 17.0 Å². The van der Waals surface area contributed by atoms with Gasteiger partial charge >= 0.3 is 5.97 Å². The molecule has 0 spiro atoms. The van der Waals surface area contributed by atoms with Crippen molar-refractivity contribution in [2.24, 2.45) is 5.92 Å². The quantitative estimate of drug-likeness (QED) is 0.792. The molecule has 8 heteroatoms. The van der Waals surface area contributed by atoms with E-state index in [0.29, 0.717) is 12.2 Å². The number of fused-ring (bicyclic) bond motifs is 1. The van der Waals surface area contributed by atoms with Crippen LogP contribution in [0.2, 0.25) is 0 Å². The Labute approximate surface area is 140 Å². The topological polar surface area (TPSA) is 98.5 Å². The van der Waals surface area contributed by atoms with Gasteiger partial charge in [0.25, 0.3) is 5.78 Å². The van der Waals surface area contributed by atoms with Crippen molar-refractivity contribution in [2.75, 3.05) is 7.11 Å². The van der Waals surface area contributed by atoms with Crippen LogP contribution in [0.15, 0.2) is 6.33 Å². The van der Waals surface area contributed by atoms with Crippen molar-refractivity contribution in [1.82, 2.24) is 24.9 Å². The van der Waals surface area contributed by atoms with Crippen molar-refractivity contribution >= 4 is 17.7 Å². The summed E-state index contributed by atoms with van der Waals surface area (Å²) in [4.78, 5) is 32.4. The monoisotopic (exact) mass is 333 g/mol. The summed E-state index contributed by atoms with van der Waals surface area (Å²) >= 11 is 0. The van der Waals surface area contributed by atoms with E-state index in [1.807, 2.05) is 27.7 Å². The maximum Gasteiger partial charge on any atom is 0.328 e. The molecule has 2 heterocycles. The van der Waals surface area contributed by atoms with Crippen molar-refractivity contribution < 1.29 is 14.3 Å². The zero-order valence-electron chi connectivity index (χ0n) is 14.7. The van der Waals surface area contributed by atoms with Crippen molar-refractivity contribution in [1.29, 1.82) is 0 Å². The van der Waals surface area contributed by atoms with E-state index in [2.05, 4.69) is 20.4 Å². The lowest BCUT2D eigenvalue weighted by Crippen LogP contribution is -2.45. The van der Waals surface area contributed by atoms with Crippen LogP contribution in [0.25, 0.3) is 5.78 Å². The summed E-state index contributed by atoms with van der Waals surface area (Å²) in [5, 5.41) is 6.87. The first-order valence-electron chi connectivity index (χ1n) is 7.88. The zero-order chi connectivity index (χ0) is 17.9. The maximum atomic E-state index is 12.2. The normalized spacial score (nSPS) is 12.4. The lowest BCUT2D eigenvalue weighted by molar-refractivity contribution is -0.146. The fraction of sp³-hybridized carbons (Fsp3) is 0.562. The molecule has 1 N–H and O–H groups in total. The third-order valence-corrected chi connectivity index (χ3v) is 4.03. The van der Waals surface area contributed by atoms with E-state index in [-0.39, 0.29) is 18.2 Å². The molecule has 0 unspecified atom stereocenters. The molecule has 0 aliphatic rings. The second kappa shape index (κ2) is 7.37. The molecule has 0 radical (unpaired) electrons. The van der Waals surface area contributed by atoms with E-state index in [9.17, 15) is 9.59 Å². The van der Waals surface area contributed by atoms with Gasteiger partial charge in [-0.3, -0.25) is 4.79 Å². The van der Waals surface area contributed by atoms with Crippen LogP contribution in [-0.4, -0.2) is 44.6 Å². The minimum Gasteiger partial charge on any atom is -0.467 e. The number of hydrogen-bond acceptors (Lipinski definition) is 6. The SMILES string of the molecule is COC(=O)[C@@H](NC(=O)CCc1c(C)nc2ncnn2c1C)C(C)C. The van der Waals surface area contributed by atoms with Crippen LogP contribution in [0.3, 0.4) is 0 Å². The molecule has 2 rings (SSSR count). The van der Waals surface area contributed by atoms with Crippen LogP contribution < -0.4 is 5.32 Å². The summed E-state index contributed by atoms with van der Waals surface area (Å²) in [6.07, 6.45) is 2.22. The van der Waals surface area contributed by atoms with Gasteiger partial charge in [0.15, 0.2) is 0 Å². The fourth-order valence-electron chi connectivity index (χ4n) is 2.63. The first kappa shape index (κ1) is 17.8. The Morgan fingerprint density at radius 3 is 2.67 bits per heavy atom. The molecule has 1 atom stereocenters. The molecular formula is C16H23N5O3. The highest BCUT2D eigenvalue weighted by molar-refractivity contribution is 5.84. The lowest BCUT2D eigenvalue weighted by Gasteiger charge is -2.20. The van der Waals surface area contributed by atoms with Crippen molar-refractivity contribution in [2.45, 2.75) is 46.6 Å². The van der Waals surface area contributed by atoms with Gasteiger partial charge in [-0.2, -0.15) is 10.1 Å². The Kier molecular flexibility index (Phi) is 5.48. The number of hydrogen-bond donors (Lipinski definition) is 1. The lowest BCUT2D eigenvalue weighted by atomic mass is 10.0. The average molecular weight is 333 g/mol. The first-order chi connectivity index (χ1) is 11.3. The second-order valence-corrected chi connectivity index (χ2v) is 6.05. The number of carbonyl (C=O) groups excluding carboxylic acids is 2. The third kappa shape index (κ3) is 3.69. The van der Waals surface area contributed by atoms with Crippen LogP contribution in [-0.2, 0) is 20.7 Å². The number of nitrogens with one attached hydrogen (secondary N) is 1. The van der Waals surface area contributed by atoms with Gasteiger partial charge in [0.1, 0.15) is 12.4 Å². The average Bonchev–Trinajstić information content (AvgIpc) is 2.99. The number of ether oxygens (including phenoxy) is 1. The Balaban J connectivity index is 2.07. The van der Waals surface area contributed by atoms with Crippen molar-refractivity contribution in [3.63, 3.8) is 0 Å². The van der Waals surface area contributed by atoms with Gasteiger partial charge in [-0.15, -0.1) is 0 Å². The van der Waals surface area contributed by atoms with E-state index in [4.69, 9.17) is 4.74 Å². The molecule has 8 nitrogen and oxygen atoms in total. The third-order valence-electron chi connectivity index (χ3n) is 4.03. The Morgan fingerprint density at radius 1 is 1.33 bits per heavy atom. The van der Waals surface area contributed by atoms with Crippen molar-refractivity contribution in [3.8, 4) is 0 Å². The summed E-state index contributed by atoms with van der Waals surface area (Å²) in [6.45, 7) is 7.53. The predicted molar refractivity (Wildman–Crippen MR) is 87.4 cm³/mol. The number of methoxy groups -OCH3 is 1. The van der Waals surface area contributed by atoms with Gasteiger partial charge in [0, 0.05) is 17.8 Å². The highest BCUT2D eigenvalue weighted by atomic mass is 16.5. The molecular weight excluding hydrogens is 310 g/mol. The minimum atomic E-state index is -0.638. The predicted octanol–water partition coefficient (Wildman–Crippen LogP) is 0.988. The van der Waals surface area contributed by atoms with Gasteiger partial charge in [-0.25, -0.2) is 14.3 Å². The molecule has 0 aliphatic carbocycles. The minimum absolute atomic E-state index is 0.0435. The van der Waals surface area contributed by atoms with Gasteiger partial charge in [-0.05, 0) is 31.7 Å². The summed E-state index contributed by atoms with van der Waals surface area (Å²) in [5.74, 6) is -0.130. The standard InChI is InChI=1S/C16H23N5O3/c1-9(2)14(15(23)24-5)20-13(22)7-6-12-10(3)19-16-17-8-18-21(16)11(12)4/h8-9,14H,6-7H2,1-5H3,(H,20,22)/t14-/m0/s1. The van der Waals surface area contributed by atoms with Gasteiger partial charge in [-0.1, -0.05) is 13.8 Å². The van der Waals surface area contributed by atoms with Gasteiger partial charge < -0.3 is 10.1 Å². The Bertz CT molecular complexity index is 753. The zero-order valence-corrected chi connectivity index (χ0v) is 14.7. The smallest absolute Gasteiger partial charge is 0.328 e. The summed E-state index contributed by atoms with van der Waals surface area (Å²) in [6, 6.07) is -0.638. The molecule has 0 saturated heterocycles. The number of nitrogens with zero attached hydrogens (tertiary/aromatic N) is 4. The van der Waals surface area contributed by atoms with E-state index < -0.39 is 12.0 Å². The molecule has 24 heavy (non-hydrogen) atoms. The molecule has 1 amide bonds. The molecule has 0 bridgehead atoms. The molecule has 0 saturated carbocycles. The Morgan fingerprint density at radius 2 is 2.04 bits per heavy atom. The van der Waals surface area contributed by atoms with Crippen LogP contribution >= 0.6 is 0 Å². The van der Waals surface area contributed by atoms with Crippen LogP contribution in [0, 0.1) is 19.8 Å². The highest BCUT2D eigenvalue weighted by Crippen LogP contribution is 2.15. The van der Waals surface area contributed by atoms with Crippen LogP contribution in [0.4, 0.5) is 0 Å². The van der Waals surface area contributed by atoms with Crippen LogP contribution in [0.5, 0.6) is 0 Å². The number of rotatable bonds is 6. The second-order valence-electron chi connectivity index (χ2n) is 6.05. The number of aryl methyl sites for hydroxylation is 2. The van der Waals surface area contributed by atoms with Gasteiger partial charge in [0.2, 0.25) is 5.91 Å². The maximum absolute atomic E-state index is 12.2. The summed E-state index contributed by atoms with van der Waals surface area (Å²) in [5.41, 5.74) is 2.70. The summed E-state index contributed by atoms with van der Waals surface area (Å²) in [7, 11) is 1.32. The number of aromatic nitrogens is 4. The molecule has 2 aromatic heterocycles. The highest BCUT2D eigenvalue weighted by Gasteiger charge is 2.24. The first-order valence-corrected chi connectivity index (χ1v) is 7.88. The van der Waals surface area contributed by atoms with Gasteiger partial charge in [0.05, 0.1) is 7.11 Å². The number of esters is 1. The largest absolute Gasteiger partial charge is 0.467 e. The molecule has 0 aromatic carbocycles.